The monoisotopic (exact) mass is 544 g/mol. The standard InChI is InChI=1S/C27H23F3N2O7/c28-27(29,30)15-38-19-8-4-17(5-9-19)26(36)39-20-6-1-16(2-7-20)3-10-24(33)37-12-11-21-22(25(34)35)13-18(31)14-23(21)32/h1-10,13-14H,11-12,15,31-32H2,(H,34,35). The molecule has 0 spiro atoms. The summed E-state index contributed by atoms with van der Waals surface area (Å²) in [7, 11) is 0. The zero-order valence-corrected chi connectivity index (χ0v) is 20.2. The van der Waals surface area contributed by atoms with Crippen molar-refractivity contribution in [1.82, 2.24) is 0 Å². The Balaban J connectivity index is 1.49. The lowest BCUT2D eigenvalue weighted by Gasteiger charge is -2.11. The molecule has 3 rings (SSSR count). The average molecular weight is 544 g/mol. The van der Waals surface area contributed by atoms with Gasteiger partial charge < -0.3 is 30.8 Å². The Bertz CT molecular complexity index is 1370. The van der Waals surface area contributed by atoms with Gasteiger partial charge in [-0.2, -0.15) is 13.2 Å². The molecule has 39 heavy (non-hydrogen) atoms. The molecular formula is C27H23F3N2O7. The van der Waals surface area contributed by atoms with E-state index in [0.717, 1.165) is 0 Å². The maximum Gasteiger partial charge on any atom is 0.422 e. The van der Waals surface area contributed by atoms with Crippen LogP contribution in [0.4, 0.5) is 24.5 Å². The number of nitrogens with two attached hydrogens (primary N) is 2. The minimum absolute atomic E-state index is 0.0436. The van der Waals surface area contributed by atoms with Gasteiger partial charge in [0.1, 0.15) is 11.5 Å². The number of halogens is 3. The smallest absolute Gasteiger partial charge is 0.422 e. The normalized spacial score (nSPS) is 11.3. The topological polar surface area (TPSA) is 151 Å². The lowest BCUT2D eigenvalue weighted by atomic mass is 10.0. The molecule has 0 bridgehead atoms. The van der Waals surface area contributed by atoms with Gasteiger partial charge in [-0.1, -0.05) is 12.1 Å². The number of benzene rings is 3. The first-order valence-electron chi connectivity index (χ1n) is 11.3. The summed E-state index contributed by atoms with van der Waals surface area (Å²) >= 11 is 0. The fraction of sp³-hybridized carbons (Fsp3) is 0.148. The number of carbonyl (C=O) groups is 3. The predicted octanol–water partition coefficient (Wildman–Crippen LogP) is 4.51. The molecule has 3 aromatic carbocycles. The first kappa shape index (κ1) is 28.6. The zero-order chi connectivity index (χ0) is 28.6. The van der Waals surface area contributed by atoms with E-state index >= 15 is 0 Å². The number of ether oxygens (including phenoxy) is 3. The Hall–Kier alpha value is -5.00. The third-order valence-corrected chi connectivity index (χ3v) is 5.13. The number of carboxylic acids is 1. The van der Waals surface area contributed by atoms with Crippen molar-refractivity contribution in [3.8, 4) is 11.5 Å². The Morgan fingerprint density at radius 2 is 1.56 bits per heavy atom. The molecule has 0 aromatic heterocycles. The maximum atomic E-state index is 12.3. The van der Waals surface area contributed by atoms with Crippen LogP contribution in [-0.2, 0) is 16.0 Å². The van der Waals surface area contributed by atoms with E-state index in [1.807, 2.05) is 0 Å². The number of anilines is 2. The molecule has 5 N–H and O–H groups in total. The molecule has 0 radical (unpaired) electrons. The second-order valence-corrected chi connectivity index (χ2v) is 8.08. The van der Waals surface area contributed by atoms with Crippen LogP contribution in [-0.4, -0.2) is 42.4 Å². The molecule has 0 amide bonds. The van der Waals surface area contributed by atoms with E-state index in [9.17, 15) is 32.7 Å². The van der Waals surface area contributed by atoms with Gasteiger partial charge in [-0.05, 0) is 65.7 Å². The molecule has 0 unspecified atom stereocenters. The summed E-state index contributed by atoms with van der Waals surface area (Å²) in [5, 5.41) is 9.32. The summed E-state index contributed by atoms with van der Waals surface area (Å²) in [6.45, 7) is -1.55. The van der Waals surface area contributed by atoms with E-state index in [1.165, 1.54) is 60.7 Å². The van der Waals surface area contributed by atoms with Crippen LogP contribution in [0, 0.1) is 0 Å². The second-order valence-electron chi connectivity index (χ2n) is 8.08. The van der Waals surface area contributed by atoms with E-state index in [4.69, 9.17) is 20.9 Å². The number of aromatic carboxylic acids is 1. The van der Waals surface area contributed by atoms with Crippen LogP contribution in [0.3, 0.4) is 0 Å². The lowest BCUT2D eigenvalue weighted by Crippen LogP contribution is -2.19. The van der Waals surface area contributed by atoms with Gasteiger partial charge in [0.2, 0.25) is 0 Å². The molecule has 12 heteroatoms. The minimum atomic E-state index is -4.47. The van der Waals surface area contributed by atoms with Crippen molar-refractivity contribution in [2.75, 3.05) is 24.7 Å². The van der Waals surface area contributed by atoms with Crippen LogP contribution in [0.1, 0.15) is 31.8 Å². The van der Waals surface area contributed by atoms with Gasteiger partial charge in [-0.15, -0.1) is 0 Å². The Labute approximate surface area is 220 Å². The summed E-state index contributed by atoms with van der Waals surface area (Å²) in [6, 6.07) is 13.9. The van der Waals surface area contributed by atoms with E-state index in [2.05, 4.69) is 4.74 Å². The molecule has 204 valence electrons. The fourth-order valence-electron chi connectivity index (χ4n) is 3.32. The van der Waals surface area contributed by atoms with E-state index < -0.39 is 30.7 Å². The van der Waals surface area contributed by atoms with Gasteiger partial charge in [0.15, 0.2) is 6.61 Å². The van der Waals surface area contributed by atoms with E-state index in [-0.39, 0.29) is 47.0 Å². The van der Waals surface area contributed by atoms with Gasteiger partial charge in [0.05, 0.1) is 17.7 Å². The highest BCUT2D eigenvalue weighted by Gasteiger charge is 2.28. The summed E-state index contributed by atoms with van der Waals surface area (Å²) in [4.78, 5) is 35.7. The molecule has 9 nitrogen and oxygen atoms in total. The minimum Gasteiger partial charge on any atom is -0.484 e. The van der Waals surface area contributed by atoms with Crippen molar-refractivity contribution >= 4 is 35.4 Å². The summed E-state index contributed by atoms with van der Waals surface area (Å²) in [5.74, 6) is -2.43. The number of esters is 2. The molecule has 0 heterocycles. The number of carbonyl (C=O) groups excluding carboxylic acids is 2. The molecule has 0 fully saturated rings. The third kappa shape index (κ3) is 8.81. The zero-order valence-electron chi connectivity index (χ0n) is 20.2. The number of hydrogen-bond donors (Lipinski definition) is 3. The third-order valence-electron chi connectivity index (χ3n) is 5.13. The van der Waals surface area contributed by atoms with Crippen molar-refractivity contribution in [1.29, 1.82) is 0 Å². The largest absolute Gasteiger partial charge is 0.484 e. The van der Waals surface area contributed by atoms with Gasteiger partial charge in [0.25, 0.3) is 0 Å². The number of rotatable bonds is 10. The van der Waals surface area contributed by atoms with Crippen LogP contribution in [0.2, 0.25) is 0 Å². The Morgan fingerprint density at radius 1 is 0.923 bits per heavy atom. The number of carboxylic acid groups (broad SMARTS) is 1. The molecule has 3 aromatic rings. The number of nitrogen functional groups attached to an aromatic ring is 2. The van der Waals surface area contributed by atoms with Crippen molar-refractivity contribution < 1.29 is 46.9 Å². The predicted molar refractivity (Wildman–Crippen MR) is 135 cm³/mol. The van der Waals surface area contributed by atoms with E-state index in [1.54, 1.807) is 12.1 Å². The van der Waals surface area contributed by atoms with Gasteiger partial charge >= 0.3 is 24.1 Å². The molecule has 0 saturated carbocycles. The summed E-state index contributed by atoms with van der Waals surface area (Å²) in [6.07, 6.45) is -1.75. The lowest BCUT2D eigenvalue weighted by molar-refractivity contribution is -0.153. The van der Waals surface area contributed by atoms with Crippen LogP contribution < -0.4 is 20.9 Å². The van der Waals surface area contributed by atoms with Crippen LogP contribution in [0.15, 0.2) is 66.7 Å². The average Bonchev–Trinajstić information content (AvgIpc) is 2.87. The second kappa shape index (κ2) is 12.5. The van der Waals surface area contributed by atoms with Crippen LogP contribution >= 0.6 is 0 Å². The first-order valence-corrected chi connectivity index (χ1v) is 11.3. The highest BCUT2D eigenvalue weighted by atomic mass is 19.4. The summed E-state index contributed by atoms with van der Waals surface area (Å²) < 4.78 is 51.6. The maximum absolute atomic E-state index is 12.3. The molecule has 0 saturated heterocycles. The molecule has 0 aliphatic carbocycles. The Kier molecular flexibility index (Phi) is 9.15. The van der Waals surface area contributed by atoms with Gasteiger partial charge in [-0.25, -0.2) is 14.4 Å². The number of alkyl halides is 3. The first-order chi connectivity index (χ1) is 18.4. The highest BCUT2D eigenvalue weighted by molar-refractivity contribution is 5.93. The van der Waals surface area contributed by atoms with Gasteiger partial charge in [-0.3, -0.25) is 0 Å². The Morgan fingerprint density at radius 3 is 2.18 bits per heavy atom. The van der Waals surface area contributed by atoms with Crippen LogP contribution in [0.5, 0.6) is 11.5 Å². The van der Waals surface area contributed by atoms with Gasteiger partial charge in [0, 0.05) is 23.9 Å². The number of hydrogen-bond acceptors (Lipinski definition) is 8. The highest BCUT2D eigenvalue weighted by Crippen LogP contribution is 2.23. The SMILES string of the molecule is Nc1cc(N)c(CCOC(=O)C=Cc2ccc(OC(=O)c3ccc(OCC(F)(F)F)cc3)cc2)c(C(=O)O)c1. The fourth-order valence-corrected chi connectivity index (χ4v) is 3.32. The molecule has 0 aliphatic heterocycles. The molecular weight excluding hydrogens is 521 g/mol. The van der Waals surface area contributed by atoms with Crippen LogP contribution in [0.25, 0.3) is 6.08 Å². The molecule has 0 atom stereocenters. The van der Waals surface area contributed by atoms with E-state index in [0.29, 0.717) is 11.1 Å². The van der Waals surface area contributed by atoms with Crippen molar-refractivity contribution in [3.05, 3.63) is 89.0 Å². The van der Waals surface area contributed by atoms with Crippen molar-refractivity contribution in [3.63, 3.8) is 0 Å². The summed E-state index contributed by atoms with van der Waals surface area (Å²) in [5.41, 5.74) is 12.8. The quantitative estimate of drug-likeness (QED) is 0.145. The molecule has 0 aliphatic rings. The van der Waals surface area contributed by atoms with Crippen molar-refractivity contribution in [2.45, 2.75) is 12.6 Å². The van der Waals surface area contributed by atoms with Crippen molar-refractivity contribution in [2.24, 2.45) is 0 Å².